The molecule has 212 valence electrons. The average molecular weight is 572 g/mol. The Bertz CT molecular complexity index is 1520. The number of anilines is 2. The molecule has 0 aliphatic carbocycles. The van der Waals surface area contributed by atoms with Gasteiger partial charge in [0.25, 0.3) is 5.91 Å². The molecule has 9 heteroatoms. The molecule has 3 aromatic carbocycles. The molecule has 0 saturated carbocycles. The minimum absolute atomic E-state index is 0.0219. The lowest BCUT2D eigenvalue weighted by Crippen LogP contribution is -2.37. The number of nitrogens with one attached hydrogen (secondary N) is 2. The van der Waals surface area contributed by atoms with Gasteiger partial charge in [0.2, 0.25) is 17.6 Å². The van der Waals surface area contributed by atoms with Crippen LogP contribution in [0.2, 0.25) is 5.02 Å². The summed E-state index contributed by atoms with van der Waals surface area (Å²) in [6, 6.07) is 22.3. The van der Waals surface area contributed by atoms with Crippen LogP contribution in [0.4, 0.5) is 11.4 Å². The molecule has 2 heterocycles. The number of hydrogen-bond acceptors (Lipinski definition) is 6. The van der Waals surface area contributed by atoms with Crippen molar-refractivity contribution in [2.75, 3.05) is 23.7 Å². The Kier molecular flexibility index (Phi) is 8.52. The van der Waals surface area contributed by atoms with E-state index in [-0.39, 0.29) is 23.1 Å². The van der Waals surface area contributed by atoms with Gasteiger partial charge < -0.3 is 15.2 Å². The van der Waals surface area contributed by atoms with Crippen LogP contribution in [0.3, 0.4) is 0 Å². The number of nitrogens with zero attached hydrogens (tertiary/aromatic N) is 3. The van der Waals surface area contributed by atoms with Crippen LogP contribution < -0.4 is 10.6 Å². The van der Waals surface area contributed by atoms with Crippen LogP contribution in [0.15, 0.2) is 77.3 Å². The van der Waals surface area contributed by atoms with E-state index in [0.29, 0.717) is 40.2 Å². The van der Waals surface area contributed by atoms with Gasteiger partial charge in [-0.15, -0.1) is 0 Å². The summed E-state index contributed by atoms with van der Waals surface area (Å²) in [5.41, 5.74) is 3.78. The van der Waals surface area contributed by atoms with Crippen LogP contribution in [-0.4, -0.2) is 39.9 Å². The van der Waals surface area contributed by atoms with Crippen molar-refractivity contribution in [3.8, 4) is 11.4 Å². The van der Waals surface area contributed by atoms with E-state index in [1.807, 2.05) is 60.7 Å². The summed E-state index contributed by atoms with van der Waals surface area (Å²) in [5, 5.41) is 10.6. The molecule has 2 amide bonds. The van der Waals surface area contributed by atoms with Gasteiger partial charge in [0.1, 0.15) is 0 Å². The molecule has 0 atom stereocenters. The number of piperidine rings is 1. The molecule has 5 rings (SSSR count). The number of likely N-dealkylation sites (tertiary alicyclic amines) is 1. The Morgan fingerprint density at radius 2 is 1.63 bits per heavy atom. The Morgan fingerprint density at radius 3 is 2.32 bits per heavy atom. The molecule has 1 fully saturated rings. The summed E-state index contributed by atoms with van der Waals surface area (Å²) in [7, 11) is 0. The number of carbonyl (C=O) groups is 2. The van der Waals surface area contributed by atoms with Crippen molar-refractivity contribution in [2.45, 2.75) is 45.6 Å². The van der Waals surface area contributed by atoms with Gasteiger partial charge in [-0.3, -0.25) is 14.5 Å². The average Bonchev–Trinajstić information content (AvgIpc) is 3.41. The summed E-state index contributed by atoms with van der Waals surface area (Å²) in [4.78, 5) is 32.5. The van der Waals surface area contributed by atoms with Gasteiger partial charge in [0.15, 0.2) is 0 Å². The summed E-state index contributed by atoms with van der Waals surface area (Å²) in [6.07, 6.45) is 1.44. The minimum atomic E-state index is -0.193. The fraction of sp³-hybridized carbons (Fsp3) is 0.312. The van der Waals surface area contributed by atoms with Crippen molar-refractivity contribution >= 4 is 34.8 Å². The topological polar surface area (TPSA) is 100 Å². The Morgan fingerprint density at radius 1 is 0.951 bits per heavy atom. The van der Waals surface area contributed by atoms with E-state index in [1.165, 1.54) is 5.56 Å². The molecule has 4 aromatic rings. The first-order chi connectivity index (χ1) is 19.7. The van der Waals surface area contributed by atoms with Gasteiger partial charge in [0.05, 0.1) is 11.6 Å². The lowest BCUT2D eigenvalue weighted by Gasteiger charge is -2.30. The molecule has 1 aromatic heterocycles. The first-order valence-corrected chi connectivity index (χ1v) is 14.2. The molecule has 0 unspecified atom stereocenters. The third-order valence-corrected chi connectivity index (χ3v) is 7.63. The van der Waals surface area contributed by atoms with Crippen molar-refractivity contribution in [2.24, 2.45) is 5.92 Å². The normalized spacial score (nSPS) is 14.5. The van der Waals surface area contributed by atoms with E-state index in [1.54, 1.807) is 12.1 Å². The molecular weight excluding hydrogens is 538 g/mol. The van der Waals surface area contributed by atoms with E-state index in [0.717, 1.165) is 31.5 Å². The van der Waals surface area contributed by atoms with Crippen LogP contribution in [0.25, 0.3) is 11.4 Å². The molecule has 8 nitrogen and oxygen atoms in total. The molecule has 1 saturated heterocycles. The number of hydrogen-bond donors (Lipinski definition) is 2. The van der Waals surface area contributed by atoms with Gasteiger partial charge in [-0.25, -0.2) is 0 Å². The van der Waals surface area contributed by atoms with Crippen LogP contribution >= 0.6 is 11.6 Å². The zero-order chi connectivity index (χ0) is 29.0. The second-order valence-electron chi connectivity index (χ2n) is 11.4. The summed E-state index contributed by atoms with van der Waals surface area (Å²) in [5.74, 6) is 0.669. The predicted octanol–water partition coefficient (Wildman–Crippen LogP) is 6.79. The Hall–Kier alpha value is -4.01. The zero-order valence-electron chi connectivity index (χ0n) is 23.5. The van der Waals surface area contributed by atoms with Crippen LogP contribution in [-0.2, 0) is 16.8 Å². The van der Waals surface area contributed by atoms with Crippen molar-refractivity contribution in [3.05, 3.63) is 94.8 Å². The lowest BCUT2D eigenvalue weighted by molar-refractivity contribution is -0.121. The van der Waals surface area contributed by atoms with Gasteiger partial charge in [-0.2, -0.15) is 4.98 Å². The van der Waals surface area contributed by atoms with E-state index >= 15 is 0 Å². The highest BCUT2D eigenvalue weighted by Gasteiger charge is 2.26. The van der Waals surface area contributed by atoms with Crippen molar-refractivity contribution in [1.29, 1.82) is 0 Å². The van der Waals surface area contributed by atoms with E-state index in [4.69, 9.17) is 16.1 Å². The highest BCUT2D eigenvalue weighted by Crippen LogP contribution is 2.27. The largest absolute Gasteiger partial charge is 0.338 e. The molecule has 1 aliphatic rings. The Labute approximate surface area is 245 Å². The monoisotopic (exact) mass is 571 g/mol. The second kappa shape index (κ2) is 12.2. The zero-order valence-corrected chi connectivity index (χ0v) is 24.2. The highest BCUT2D eigenvalue weighted by atomic mass is 35.5. The number of aromatic nitrogens is 2. The Balaban J connectivity index is 1.11. The quantitative estimate of drug-likeness (QED) is 0.253. The molecule has 0 radical (unpaired) electrons. The van der Waals surface area contributed by atoms with Crippen molar-refractivity contribution in [3.63, 3.8) is 0 Å². The number of halogens is 1. The van der Waals surface area contributed by atoms with Crippen LogP contribution in [0, 0.1) is 5.92 Å². The first-order valence-electron chi connectivity index (χ1n) is 13.8. The van der Waals surface area contributed by atoms with E-state index in [2.05, 4.69) is 46.4 Å². The molecule has 41 heavy (non-hydrogen) atoms. The van der Waals surface area contributed by atoms with Gasteiger partial charge in [0, 0.05) is 28.4 Å². The maximum atomic E-state index is 13.0. The number of amides is 2. The third kappa shape index (κ3) is 7.20. The number of carbonyl (C=O) groups excluding carboxylic acids is 2. The van der Waals surface area contributed by atoms with Crippen LogP contribution in [0.1, 0.15) is 55.4 Å². The van der Waals surface area contributed by atoms with E-state index in [9.17, 15) is 9.59 Å². The summed E-state index contributed by atoms with van der Waals surface area (Å²) >= 11 is 6.25. The first kappa shape index (κ1) is 28.5. The van der Waals surface area contributed by atoms with Crippen molar-refractivity contribution in [1.82, 2.24) is 15.0 Å². The van der Waals surface area contributed by atoms with Crippen LogP contribution in [0.5, 0.6) is 0 Å². The second-order valence-corrected chi connectivity index (χ2v) is 11.8. The molecule has 0 spiro atoms. The van der Waals surface area contributed by atoms with E-state index < -0.39 is 0 Å². The smallest absolute Gasteiger partial charge is 0.255 e. The SMILES string of the molecule is CC(C)(C)c1ccc(C(=O)Nc2cccc(NC(=O)C3CCN(Cc4nc(-c5ccccc5Cl)no4)CC3)c2)cc1. The summed E-state index contributed by atoms with van der Waals surface area (Å²) in [6.45, 7) is 8.42. The van der Waals surface area contributed by atoms with Gasteiger partial charge >= 0.3 is 0 Å². The predicted molar refractivity (Wildman–Crippen MR) is 161 cm³/mol. The maximum absolute atomic E-state index is 13.0. The minimum Gasteiger partial charge on any atom is -0.338 e. The maximum Gasteiger partial charge on any atom is 0.255 e. The molecule has 0 bridgehead atoms. The highest BCUT2D eigenvalue weighted by molar-refractivity contribution is 6.33. The molecule has 1 aliphatic heterocycles. The fourth-order valence-electron chi connectivity index (χ4n) is 4.86. The standard InChI is InChI=1S/C32H34ClN5O3/c1-32(2,3)23-13-11-21(12-14-23)30(39)34-24-7-6-8-25(19-24)35-31(40)22-15-17-38(18-16-22)20-28-36-29(37-41-28)26-9-4-5-10-27(26)33/h4-14,19,22H,15-18,20H2,1-3H3,(H,34,39)(H,35,40). The van der Waals surface area contributed by atoms with Crippen molar-refractivity contribution < 1.29 is 14.1 Å². The van der Waals surface area contributed by atoms with Gasteiger partial charge in [-0.1, -0.05) is 67.9 Å². The van der Waals surface area contributed by atoms with Gasteiger partial charge in [-0.05, 0) is 79.4 Å². The molecule has 2 N–H and O–H groups in total. The molecular formula is C32H34ClN5O3. The number of rotatable bonds is 7. The number of benzene rings is 3. The third-order valence-electron chi connectivity index (χ3n) is 7.30. The summed E-state index contributed by atoms with van der Waals surface area (Å²) < 4.78 is 5.44. The fourth-order valence-corrected chi connectivity index (χ4v) is 5.08. The lowest BCUT2D eigenvalue weighted by atomic mass is 9.87.